The van der Waals surface area contributed by atoms with Crippen LogP contribution in [0.1, 0.15) is 5.56 Å². The zero-order valence-corrected chi connectivity index (χ0v) is 9.73. The molecule has 0 aliphatic carbocycles. The number of nitrogens with zero attached hydrogens (tertiary/aromatic N) is 1. The highest BCUT2D eigenvalue weighted by Crippen LogP contribution is 2.24. The number of thiophene rings is 1. The van der Waals surface area contributed by atoms with Gasteiger partial charge in [0, 0.05) is 19.6 Å². The van der Waals surface area contributed by atoms with Gasteiger partial charge < -0.3 is 4.74 Å². The van der Waals surface area contributed by atoms with Gasteiger partial charge in [0.2, 0.25) is 0 Å². The molecule has 0 unspecified atom stereocenters. The van der Waals surface area contributed by atoms with E-state index >= 15 is 0 Å². The van der Waals surface area contributed by atoms with Gasteiger partial charge in [0.05, 0.1) is 17.0 Å². The van der Waals surface area contributed by atoms with Crippen molar-refractivity contribution in [2.45, 2.75) is 6.54 Å². The summed E-state index contributed by atoms with van der Waals surface area (Å²) in [5.74, 6) is 0. The summed E-state index contributed by atoms with van der Waals surface area (Å²) in [6.45, 7) is 4.92. The van der Waals surface area contributed by atoms with Crippen LogP contribution in [0, 0.1) is 0 Å². The summed E-state index contributed by atoms with van der Waals surface area (Å²) in [6, 6.07) is 2.18. The third-order valence-corrected chi connectivity index (χ3v) is 4.00. The van der Waals surface area contributed by atoms with Crippen molar-refractivity contribution in [3.05, 3.63) is 20.8 Å². The highest BCUT2D eigenvalue weighted by Gasteiger charge is 2.12. The lowest BCUT2D eigenvalue weighted by atomic mass is 10.3. The Kier molecular flexibility index (Phi) is 3.38. The fourth-order valence-corrected chi connectivity index (χ4v) is 2.65. The Hall–Kier alpha value is 0.1000. The molecule has 0 radical (unpaired) electrons. The molecule has 1 aliphatic heterocycles. The largest absolute Gasteiger partial charge is 0.379 e. The fraction of sp³-hybridized carbons (Fsp3) is 0.556. The predicted molar refractivity (Wildman–Crippen MR) is 58.1 cm³/mol. The minimum Gasteiger partial charge on any atom is -0.379 e. The molecular formula is C9H12BrNOS. The van der Waals surface area contributed by atoms with E-state index in [1.165, 1.54) is 9.35 Å². The summed E-state index contributed by atoms with van der Waals surface area (Å²) in [5, 5.41) is 2.12. The van der Waals surface area contributed by atoms with Crippen LogP contribution in [0.3, 0.4) is 0 Å². The van der Waals surface area contributed by atoms with Crippen LogP contribution in [0.2, 0.25) is 0 Å². The maximum Gasteiger partial charge on any atom is 0.0743 e. The van der Waals surface area contributed by atoms with Gasteiger partial charge in [0.25, 0.3) is 0 Å². The minimum atomic E-state index is 0.877. The van der Waals surface area contributed by atoms with E-state index in [0.29, 0.717) is 0 Å². The standard InChI is InChI=1S/C9H12BrNOS/c10-9-8(1-6-13-9)7-11-2-4-12-5-3-11/h1,6H,2-5,7H2. The third-order valence-electron chi connectivity index (χ3n) is 2.19. The molecule has 0 amide bonds. The number of rotatable bonds is 2. The SMILES string of the molecule is Brc1sccc1CN1CCOCC1. The Balaban J connectivity index is 1.93. The second-order valence-electron chi connectivity index (χ2n) is 3.11. The van der Waals surface area contributed by atoms with Crippen molar-refractivity contribution in [2.75, 3.05) is 26.3 Å². The van der Waals surface area contributed by atoms with Gasteiger partial charge in [-0.05, 0) is 32.9 Å². The van der Waals surface area contributed by atoms with Gasteiger partial charge in [-0.3, -0.25) is 4.90 Å². The summed E-state index contributed by atoms with van der Waals surface area (Å²) in [5.41, 5.74) is 1.40. The molecule has 0 bridgehead atoms. The Bertz CT molecular complexity index is 270. The molecule has 72 valence electrons. The van der Waals surface area contributed by atoms with E-state index in [9.17, 15) is 0 Å². The minimum absolute atomic E-state index is 0.877. The van der Waals surface area contributed by atoms with Crippen LogP contribution in [0.4, 0.5) is 0 Å². The first-order valence-electron chi connectivity index (χ1n) is 4.38. The molecular weight excluding hydrogens is 250 g/mol. The summed E-state index contributed by atoms with van der Waals surface area (Å²) in [7, 11) is 0. The van der Waals surface area contributed by atoms with E-state index in [2.05, 4.69) is 32.3 Å². The Morgan fingerprint density at radius 3 is 2.85 bits per heavy atom. The number of hydrogen-bond acceptors (Lipinski definition) is 3. The zero-order valence-electron chi connectivity index (χ0n) is 7.33. The van der Waals surface area contributed by atoms with Crippen molar-refractivity contribution in [3.8, 4) is 0 Å². The second kappa shape index (κ2) is 4.55. The van der Waals surface area contributed by atoms with E-state index in [4.69, 9.17) is 4.74 Å². The maximum atomic E-state index is 5.30. The Morgan fingerprint density at radius 2 is 2.23 bits per heavy atom. The van der Waals surface area contributed by atoms with Gasteiger partial charge >= 0.3 is 0 Å². The van der Waals surface area contributed by atoms with Crippen molar-refractivity contribution >= 4 is 27.3 Å². The topological polar surface area (TPSA) is 12.5 Å². The van der Waals surface area contributed by atoms with Crippen LogP contribution < -0.4 is 0 Å². The molecule has 1 aromatic heterocycles. The highest BCUT2D eigenvalue weighted by atomic mass is 79.9. The van der Waals surface area contributed by atoms with Crippen LogP contribution in [0.25, 0.3) is 0 Å². The van der Waals surface area contributed by atoms with Crippen molar-refractivity contribution in [3.63, 3.8) is 0 Å². The van der Waals surface area contributed by atoms with Gasteiger partial charge in [-0.15, -0.1) is 11.3 Å². The zero-order chi connectivity index (χ0) is 9.10. The quantitative estimate of drug-likeness (QED) is 0.811. The van der Waals surface area contributed by atoms with Crippen molar-refractivity contribution < 1.29 is 4.74 Å². The first kappa shape index (κ1) is 9.65. The Morgan fingerprint density at radius 1 is 1.46 bits per heavy atom. The summed E-state index contributed by atoms with van der Waals surface area (Å²) in [4.78, 5) is 2.43. The molecule has 0 saturated carbocycles. The van der Waals surface area contributed by atoms with Crippen molar-refractivity contribution in [1.29, 1.82) is 0 Å². The third kappa shape index (κ3) is 2.53. The first-order chi connectivity index (χ1) is 6.36. The number of halogens is 1. The van der Waals surface area contributed by atoms with Crippen molar-refractivity contribution in [1.82, 2.24) is 4.90 Å². The molecule has 1 aliphatic rings. The molecule has 2 nitrogen and oxygen atoms in total. The first-order valence-corrected chi connectivity index (χ1v) is 6.05. The molecule has 0 atom stereocenters. The van der Waals surface area contributed by atoms with Crippen LogP contribution >= 0.6 is 27.3 Å². The number of ether oxygens (including phenoxy) is 1. The number of morpholine rings is 1. The summed E-state index contributed by atoms with van der Waals surface area (Å²) in [6.07, 6.45) is 0. The monoisotopic (exact) mass is 261 g/mol. The van der Waals surface area contributed by atoms with Gasteiger partial charge in [0.15, 0.2) is 0 Å². The average molecular weight is 262 g/mol. The normalized spacial score (nSPS) is 19.2. The molecule has 1 fully saturated rings. The molecule has 4 heteroatoms. The lowest BCUT2D eigenvalue weighted by molar-refractivity contribution is 0.0341. The van der Waals surface area contributed by atoms with E-state index < -0.39 is 0 Å². The van der Waals surface area contributed by atoms with Crippen LogP contribution in [0.5, 0.6) is 0 Å². The molecule has 1 saturated heterocycles. The van der Waals surface area contributed by atoms with Crippen LogP contribution in [0.15, 0.2) is 15.2 Å². The van der Waals surface area contributed by atoms with Gasteiger partial charge in [-0.2, -0.15) is 0 Å². The molecule has 2 heterocycles. The van der Waals surface area contributed by atoms with Crippen LogP contribution in [-0.4, -0.2) is 31.2 Å². The molecule has 2 rings (SSSR count). The maximum absolute atomic E-state index is 5.30. The Labute approximate surface area is 90.6 Å². The fourth-order valence-electron chi connectivity index (χ4n) is 1.43. The van der Waals surface area contributed by atoms with E-state index in [1.54, 1.807) is 11.3 Å². The molecule has 13 heavy (non-hydrogen) atoms. The predicted octanol–water partition coefficient (Wildman–Crippen LogP) is 2.34. The molecule has 0 N–H and O–H groups in total. The summed E-state index contributed by atoms with van der Waals surface area (Å²) < 4.78 is 6.56. The van der Waals surface area contributed by atoms with Crippen LogP contribution in [-0.2, 0) is 11.3 Å². The van der Waals surface area contributed by atoms with E-state index in [-0.39, 0.29) is 0 Å². The van der Waals surface area contributed by atoms with Gasteiger partial charge in [0.1, 0.15) is 0 Å². The smallest absolute Gasteiger partial charge is 0.0743 e. The van der Waals surface area contributed by atoms with Gasteiger partial charge in [-0.25, -0.2) is 0 Å². The molecule has 0 aromatic carbocycles. The van der Waals surface area contributed by atoms with E-state index in [0.717, 1.165) is 32.8 Å². The molecule has 1 aromatic rings. The van der Waals surface area contributed by atoms with Gasteiger partial charge in [-0.1, -0.05) is 0 Å². The van der Waals surface area contributed by atoms with E-state index in [1.807, 2.05) is 0 Å². The lowest BCUT2D eigenvalue weighted by Crippen LogP contribution is -2.35. The number of hydrogen-bond donors (Lipinski definition) is 0. The lowest BCUT2D eigenvalue weighted by Gasteiger charge is -2.26. The van der Waals surface area contributed by atoms with Crippen molar-refractivity contribution in [2.24, 2.45) is 0 Å². The summed E-state index contributed by atoms with van der Waals surface area (Å²) >= 11 is 5.31. The molecule has 0 spiro atoms. The average Bonchev–Trinajstić information content (AvgIpc) is 2.54. The second-order valence-corrected chi connectivity index (χ2v) is 5.34. The highest BCUT2D eigenvalue weighted by molar-refractivity contribution is 9.11.